The Kier molecular flexibility index (Phi) is 11.2. The van der Waals surface area contributed by atoms with E-state index in [1.165, 1.54) is 0 Å². The molecule has 1 N–H and O–H groups in total. The summed E-state index contributed by atoms with van der Waals surface area (Å²) in [5.41, 5.74) is 3.02. The van der Waals surface area contributed by atoms with Gasteiger partial charge in [0.1, 0.15) is 6.73 Å². The number of halogens is 1. The average molecular weight is 723 g/mol. The fourth-order valence-electron chi connectivity index (χ4n) is 5.78. The molecule has 0 radical (unpaired) electrons. The first-order valence-electron chi connectivity index (χ1n) is 17.1. The van der Waals surface area contributed by atoms with Crippen molar-refractivity contribution in [2.24, 2.45) is 0 Å². The number of rotatable bonds is 12. The number of hydrogen-bond acceptors (Lipinski definition) is 6. The highest BCUT2D eigenvalue weighted by atomic mass is 35.5. The number of pyridine rings is 1. The summed E-state index contributed by atoms with van der Waals surface area (Å²) < 4.78 is 16.2. The van der Waals surface area contributed by atoms with E-state index in [0.29, 0.717) is 49.0 Å². The van der Waals surface area contributed by atoms with Gasteiger partial charge in [0.05, 0.1) is 41.9 Å². The lowest BCUT2D eigenvalue weighted by molar-refractivity contribution is 0.0644. The van der Waals surface area contributed by atoms with Crippen molar-refractivity contribution in [2.45, 2.75) is 96.3 Å². The van der Waals surface area contributed by atoms with Crippen molar-refractivity contribution in [2.75, 3.05) is 19.7 Å². The maximum Gasteiger partial charge on any atom is 0.287 e. The van der Waals surface area contributed by atoms with Crippen LogP contribution in [0.4, 0.5) is 0 Å². The van der Waals surface area contributed by atoms with E-state index in [4.69, 9.17) is 25.7 Å². The third-order valence-electron chi connectivity index (χ3n) is 9.82. The van der Waals surface area contributed by atoms with Crippen LogP contribution in [0.1, 0.15) is 65.3 Å². The third-order valence-corrected chi connectivity index (χ3v) is 16.2. The van der Waals surface area contributed by atoms with Crippen molar-refractivity contribution < 1.29 is 18.8 Å². The number of benzene rings is 1. The summed E-state index contributed by atoms with van der Waals surface area (Å²) in [6.45, 7) is 20.0. The summed E-state index contributed by atoms with van der Waals surface area (Å²) in [5.74, 6) is -0.219. The number of likely N-dealkylation sites (tertiary alicyclic amines) is 1. The van der Waals surface area contributed by atoms with Crippen LogP contribution in [-0.2, 0) is 22.5 Å². The zero-order chi connectivity index (χ0) is 35.6. The first kappa shape index (κ1) is 37.0. The van der Waals surface area contributed by atoms with E-state index in [0.717, 1.165) is 17.1 Å². The highest BCUT2D eigenvalue weighted by Crippen LogP contribution is 2.37. The van der Waals surface area contributed by atoms with Gasteiger partial charge in [-0.15, -0.1) is 0 Å². The van der Waals surface area contributed by atoms with Gasteiger partial charge in [-0.05, 0) is 60.4 Å². The Morgan fingerprint density at radius 1 is 1.10 bits per heavy atom. The molecule has 10 nitrogen and oxygen atoms in total. The predicted molar refractivity (Wildman–Crippen MR) is 199 cm³/mol. The molecule has 2 atom stereocenters. The minimum atomic E-state index is -2.05. The Balaban J connectivity index is 1.41. The van der Waals surface area contributed by atoms with E-state index in [2.05, 4.69) is 63.8 Å². The normalized spacial score (nSPS) is 17.4. The van der Waals surface area contributed by atoms with E-state index in [-0.39, 0.29) is 35.3 Å². The Morgan fingerprint density at radius 2 is 1.88 bits per heavy atom. The van der Waals surface area contributed by atoms with E-state index in [1.807, 2.05) is 58.1 Å². The van der Waals surface area contributed by atoms with Crippen LogP contribution in [0.5, 0.6) is 0 Å². The first-order valence-corrected chi connectivity index (χ1v) is 24.1. The van der Waals surface area contributed by atoms with Gasteiger partial charge in [-0.3, -0.25) is 9.59 Å². The molecule has 0 unspecified atom stereocenters. The first-order chi connectivity index (χ1) is 23.0. The molecule has 2 amide bonds. The molecule has 0 aliphatic carbocycles. The Bertz CT molecular complexity index is 1780. The van der Waals surface area contributed by atoms with Gasteiger partial charge in [0.15, 0.2) is 8.32 Å². The van der Waals surface area contributed by atoms with Crippen molar-refractivity contribution in [1.29, 1.82) is 0 Å². The number of imidazole rings is 2. The zero-order valence-corrected chi connectivity index (χ0v) is 32.9. The summed E-state index contributed by atoms with van der Waals surface area (Å²) in [5, 5.41) is 3.95. The van der Waals surface area contributed by atoms with Crippen molar-refractivity contribution in [3.05, 3.63) is 89.0 Å². The smallest absolute Gasteiger partial charge is 0.287 e. The molecule has 264 valence electrons. The van der Waals surface area contributed by atoms with Crippen molar-refractivity contribution in [3.8, 4) is 0 Å². The molecule has 1 aliphatic rings. The molecule has 0 saturated carbocycles. The highest BCUT2D eigenvalue weighted by Gasteiger charge is 2.38. The molecule has 4 heterocycles. The van der Waals surface area contributed by atoms with Gasteiger partial charge >= 0.3 is 0 Å². The maximum atomic E-state index is 14.2. The Morgan fingerprint density at radius 3 is 2.59 bits per heavy atom. The third kappa shape index (κ3) is 9.09. The minimum absolute atomic E-state index is 0.0406. The van der Waals surface area contributed by atoms with Crippen LogP contribution in [0.15, 0.2) is 61.3 Å². The van der Waals surface area contributed by atoms with E-state index in [1.54, 1.807) is 17.1 Å². The number of nitrogens with zero attached hydrogens (tertiary/aromatic N) is 5. The molecule has 1 fully saturated rings. The second-order valence-electron chi connectivity index (χ2n) is 15.8. The number of piperidine rings is 1. The second-order valence-corrected chi connectivity index (χ2v) is 26.7. The predicted octanol–water partition coefficient (Wildman–Crippen LogP) is 7.45. The van der Waals surface area contributed by atoms with E-state index in [9.17, 15) is 9.59 Å². The SMILES string of the molecule is CC(C)(C)[Si](C)(C)OCc1cn(COCC[Si](C)(C)C)c(C(=O)N[C@@H]2CN(C(=O)c3cccn4cncc34)CC[C@H]2c2cccc(Cl)c2)n1. The summed E-state index contributed by atoms with van der Waals surface area (Å²) >= 11 is 6.43. The van der Waals surface area contributed by atoms with E-state index < -0.39 is 22.4 Å². The molecular formula is C36H51ClN6O4Si2. The van der Waals surface area contributed by atoms with Crippen LogP contribution in [0.25, 0.3) is 5.52 Å². The number of carbonyl (C=O) groups excluding carboxylic acids is 2. The average Bonchev–Trinajstić information content (AvgIpc) is 3.68. The molecule has 1 saturated heterocycles. The van der Waals surface area contributed by atoms with Crippen LogP contribution in [0.2, 0.25) is 48.8 Å². The molecule has 13 heteroatoms. The number of nitrogens with one attached hydrogen (secondary N) is 1. The van der Waals surface area contributed by atoms with Gasteiger partial charge in [-0.1, -0.05) is 64.1 Å². The number of ether oxygens (including phenoxy) is 1. The standard InChI is InChI=1S/C36H51ClN6O4Si2/c1-36(2,3)49(7,8)47-23-28-21-43(25-46-17-18-48(4,5)6)33(39-28)34(44)40-31-22-41(16-14-29(31)26-11-9-12-27(37)19-26)35(45)30-13-10-15-42-24-38-20-32(30)42/h9-13,15,19-21,24,29,31H,14,16-18,22-23,25H2,1-8H3,(H,40,44)/t29-,31+/m0/s1. The van der Waals surface area contributed by atoms with Gasteiger partial charge in [0, 0.05) is 51.1 Å². The topological polar surface area (TPSA) is 103 Å². The quantitative estimate of drug-likeness (QED) is 0.120. The van der Waals surface area contributed by atoms with Gasteiger partial charge in [-0.2, -0.15) is 0 Å². The fourth-order valence-corrected chi connectivity index (χ4v) is 7.68. The summed E-state index contributed by atoms with van der Waals surface area (Å²) in [7, 11) is -3.34. The van der Waals surface area contributed by atoms with Gasteiger partial charge < -0.3 is 28.3 Å². The van der Waals surface area contributed by atoms with Crippen molar-refractivity contribution in [1.82, 2.24) is 29.2 Å². The number of carbonyl (C=O) groups is 2. The highest BCUT2D eigenvalue weighted by molar-refractivity contribution is 6.76. The van der Waals surface area contributed by atoms with Crippen molar-refractivity contribution in [3.63, 3.8) is 0 Å². The molecule has 0 bridgehead atoms. The number of aromatic nitrogens is 4. The van der Waals surface area contributed by atoms with Crippen LogP contribution >= 0.6 is 11.6 Å². The maximum absolute atomic E-state index is 14.2. The van der Waals surface area contributed by atoms with Crippen LogP contribution < -0.4 is 5.32 Å². The lowest BCUT2D eigenvalue weighted by Gasteiger charge is -2.39. The fraction of sp³-hybridized carbons (Fsp3) is 0.500. The van der Waals surface area contributed by atoms with Gasteiger partial charge in [0.25, 0.3) is 11.8 Å². The molecule has 3 aromatic heterocycles. The van der Waals surface area contributed by atoms with Gasteiger partial charge in [0.2, 0.25) is 5.82 Å². The summed E-state index contributed by atoms with van der Waals surface area (Å²) in [4.78, 5) is 39.0. The molecule has 49 heavy (non-hydrogen) atoms. The lowest BCUT2D eigenvalue weighted by atomic mass is 9.85. The zero-order valence-electron chi connectivity index (χ0n) is 30.1. The molecule has 4 aromatic rings. The Hall–Kier alpha value is -3.30. The van der Waals surface area contributed by atoms with Crippen molar-refractivity contribution >= 4 is 45.3 Å². The van der Waals surface area contributed by atoms with E-state index >= 15 is 0 Å². The Labute approximate surface area is 297 Å². The number of hydrogen-bond donors (Lipinski definition) is 1. The largest absolute Gasteiger partial charge is 0.411 e. The monoisotopic (exact) mass is 722 g/mol. The number of fused-ring (bicyclic) bond motifs is 1. The van der Waals surface area contributed by atoms with Crippen LogP contribution in [-0.4, -0.2) is 77.8 Å². The lowest BCUT2D eigenvalue weighted by Crippen LogP contribution is -2.53. The van der Waals surface area contributed by atoms with Crippen LogP contribution in [0.3, 0.4) is 0 Å². The van der Waals surface area contributed by atoms with Crippen LogP contribution in [0, 0.1) is 0 Å². The van der Waals surface area contributed by atoms with Gasteiger partial charge in [-0.25, -0.2) is 9.97 Å². The summed E-state index contributed by atoms with van der Waals surface area (Å²) in [6.07, 6.45) is 7.77. The second kappa shape index (κ2) is 14.9. The summed E-state index contributed by atoms with van der Waals surface area (Å²) in [6, 6.07) is 12.0. The molecule has 1 aromatic carbocycles. The minimum Gasteiger partial charge on any atom is -0.411 e. The molecule has 0 spiro atoms. The molecule has 1 aliphatic heterocycles. The molecule has 5 rings (SSSR count). The molecular weight excluding hydrogens is 672 g/mol. The number of amides is 2.